The van der Waals surface area contributed by atoms with Gasteiger partial charge in [-0.15, -0.1) is 0 Å². The van der Waals surface area contributed by atoms with Gasteiger partial charge in [-0.1, -0.05) is 35.5 Å². The van der Waals surface area contributed by atoms with E-state index < -0.39 is 23.8 Å². The summed E-state index contributed by atoms with van der Waals surface area (Å²) in [5, 5.41) is 2.87. The van der Waals surface area contributed by atoms with E-state index in [1.165, 1.54) is 13.0 Å². The molecule has 0 saturated heterocycles. The molecule has 9 heteroatoms. The van der Waals surface area contributed by atoms with Crippen LogP contribution in [0, 0.1) is 5.82 Å². The van der Waals surface area contributed by atoms with Gasteiger partial charge in [0.25, 0.3) is 11.1 Å². The highest BCUT2D eigenvalue weighted by molar-refractivity contribution is 7.99. The Labute approximate surface area is 163 Å². The van der Waals surface area contributed by atoms with Gasteiger partial charge in [0.2, 0.25) is 0 Å². The summed E-state index contributed by atoms with van der Waals surface area (Å²) in [6, 6.07) is 10.8. The largest absolute Gasteiger partial charge is 0.452 e. The van der Waals surface area contributed by atoms with Gasteiger partial charge >= 0.3 is 5.97 Å². The Morgan fingerprint density at radius 1 is 1.33 bits per heavy atom. The number of carbonyl (C=O) groups is 2. The molecule has 1 heterocycles. The first-order valence-corrected chi connectivity index (χ1v) is 9.22. The molecule has 1 amide bonds. The highest BCUT2D eigenvalue weighted by atomic mass is 35.5. The van der Waals surface area contributed by atoms with E-state index in [9.17, 15) is 14.0 Å². The highest BCUT2D eigenvalue weighted by Crippen LogP contribution is 2.24. The average molecular weight is 409 g/mol. The number of hydrogen-bond acceptors (Lipinski definition) is 6. The second-order valence-corrected chi connectivity index (χ2v) is 6.82. The van der Waals surface area contributed by atoms with Crippen LogP contribution in [0.15, 0.2) is 52.1 Å². The standard InChI is InChI=1S/C18H14ClFN2O4S/c1-10(17(24)21-13-7-6-11(20)8-12(13)19)25-16(23)9-27-18-22-14-4-2-3-5-15(14)26-18/h2-8,10H,9H2,1H3,(H,21,24)/t10-/m0/s1. The molecule has 0 radical (unpaired) electrons. The number of anilines is 1. The zero-order chi connectivity index (χ0) is 19.4. The number of ether oxygens (including phenoxy) is 1. The third kappa shape index (κ3) is 4.99. The summed E-state index contributed by atoms with van der Waals surface area (Å²) in [4.78, 5) is 28.3. The van der Waals surface area contributed by atoms with Crippen LogP contribution in [-0.2, 0) is 14.3 Å². The Balaban J connectivity index is 1.51. The summed E-state index contributed by atoms with van der Waals surface area (Å²) in [7, 11) is 0. The van der Waals surface area contributed by atoms with Crippen molar-refractivity contribution < 1.29 is 23.1 Å². The molecule has 1 aromatic heterocycles. The fourth-order valence-corrected chi connectivity index (χ4v) is 2.98. The fourth-order valence-electron chi connectivity index (χ4n) is 2.14. The Kier molecular flexibility index (Phi) is 5.98. The molecule has 0 aliphatic heterocycles. The number of nitrogens with one attached hydrogen (secondary N) is 1. The SMILES string of the molecule is C[C@H](OC(=O)CSc1nc2ccccc2o1)C(=O)Nc1ccc(F)cc1Cl. The lowest BCUT2D eigenvalue weighted by Gasteiger charge is -2.14. The molecule has 2 aromatic carbocycles. The summed E-state index contributed by atoms with van der Waals surface area (Å²) in [5.74, 6) is -1.77. The molecule has 0 bridgehead atoms. The first-order chi connectivity index (χ1) is 12.9. The van der Waals surface area contributed by atoms with Gasteiger partial charge in [0.05, 0.1) is 10.7 Å². The average Bonchev–Trinajstić information content (AvgIpc) is 3.05. The highest BCUT2D eigenvalue weighted by Gasteiger charge is 2.20. The van der Waals surface area contributed by atoms with Gasteiger partial charge in [-0.2, -0.15) is 0 Å². The minimum absolute atomic E-state index is 0.0494. The Bertz CT molecular complexity index is 961. The molecule has 6 nitrogen and oxygen atoms in total. The van der Waals surface area contributed by atoms with E-state index in [2.05, 4.69) is 10.3 Å². The van der Waals surface area contributed by atoms with Crippen molar-refractivity contribution in [1.82, 2.24) is 4.98 Å². The van der Waals surface area contributed by atoms with E-state index in [4.69, 9.17) is 20.8 Å². The maximum Gasteiger partial charge on any atom is 0.317 e. The smallest absolute Gasteiger partial charge is 0.317 e. The fraction of sp³-hybridized carbons (Fsp3) is 0.167. The maximum atomic E-state index is 13.0. The number of para-hydroxylation sites is 2. The van der Waals surface area contributed by atoms with Gasteiger partial charge in [0.15, 0.2) is 11.7 Å². The zero-order valence-electron chi connectivity index (χ0n) is 14.1. The Hall–Kier alpha value is -2.58. The normalized spacial score (nSPS) is 12.0. The monoisotopic (exact) mass is 408 g/mol. The number of amides is 1. The number of halogens is 2. The first kappa shape index (κ1) is 19.2. The molecular formula is C18H14ClFN2O4S. The van der Waals surface area contributed by atoms with Crippen LogP contribution in [-0.4, -0.2) is 28.7 Å². The quantitative estimate of drug-likeness (QED) is 0.484. The third-order valence-corrected chi connectivity index (χ3v) is 4.57. The molecule has 0 spiro atoms. The van der Waals surface area contributed by atoms with Crippen LogP contribution in [0.2, 0.25) is 5.02 Å². The van der Waals surface area contributed by atoms with Gasteiger partial charge in [-0.3, -0.25) is 9.59 Å². The van der Waals surface area contributed by atoms with Crippen molar-refractivity contribution in [3.05, 3.63) is 53.3 Å². The number of rotatable bonds is 6. The van der Waals surface area contributed by atoms with Gasteiger partial charge in [0.1, 0.15) is 17.1 Å². The lowest BCUT2D eigenvalue weighted by atomic mass is 10.3. The Morgan fingerprint density at radius 3 is 2.85 bits per heavy atom. The second-order valence-electron chi connectivity index (χ2n) is 5.48. The first-order valence-electron chi connectivity index (χ1n) is 7.86. The molecule has 3 aromatic rings. The van der Waals surface area contributed by atoms with Crippen molar-refractivity contribution in [3.8, 4) is 0 Å². The lowest BCUT2D eigenvalue weighted by molar-refractivity contribution is -0.150. The van der Waals surface area contributed by atoms with Crippen LogP contribution in [0.25, 0.3) is 11.1 Å². The van der Waals surface area contributed by atoms with Gasteiger partial charge in [-0.25, -0.2) is 9.37 Å². The van der Waals surface area contributed by atoms with Gasteiger partial charge in [-0.05, 0) is 37.3 Å². The van der Waals surface area contributed by atoms with Crippen molar-refractivity contribution in [2.45, 2.75) is 18.3 Å². The molecule has 0 unspecified atom stereocenters. The number of benzene rings is 2. The summed E-state index contributed by atoms with van der Waals surface area (Å²) in [6.45, 7) is 1.43. The summed E-state index contributed by atoms with van der Waals surface area (Å²) in [5.41, 5.74) is 1.54. The van der Waals surface area contributed by atoms with Crippen LogP contribution >= 0.6 is 23.4 Å². The third-order valence-electron chi connectivity index (χ3n) is 3.45. The summed E-state index contributed by atoms with van der Waals surface area (Å²) in [6.07, 6.45) is -1.05. The van der Waals surface area contributed by atoms with Crippen molar-refractivity contribution in [2.24, 2.45) is 0 Å². The van der Waals surface area contributed by atoms with Crippen molar-refractivity contribution in [1.29, 1.82) is 0 Å². The second kappa shape index (κ2) is 8.41. The number of aromatic nitrogens is 1. The summed E-state index contributed by atoms with van der Waals surface area (Å²) >= 11 is 6.92. The molecule has 1 N–H and O–H groups in total. The molecule has 1 atom stereocenters. The van der Waals surface area contributed by atoms with E-state index in [1.54, 1.807) is 12.1 Å². The maximum absolute atomic E-state index is 13.0. The number of nitrogens with zero attached hydrogens (tertiary/aromatic N) is 1. The van der Waals surface area contributed by atoms with Crippen LogP contribution in [0.4, 0.5) is 10.1 Å². The lowest BCUT2D eigenvalue weighted by Crippen LogP contribution is -2.30. The van der Waals surface area contributed by atoms with Crippen LogP contribution in [0.1, 0.15) is 6.92 Å². The number of carbonyl (C=O) groups excluding carboxylic acids is 2. The van der Waals surface area contributed by atoms with E-state index >= 15 is 0 Å². The summed E-state index contributed by atoms with van der Waals surface area (Å²) < 4.78 is 23.6. The molecule has 0 aliphatic carbocycles. The minimum Gasteiger partial charge on any atom is -0.452 e. The molecular weight excluding hydrogens is 395 g/mol. The number of esters is 1. The van der Waals surface area contributed by atoms with Crippen LogP contribution in [0.5, 0.6) is 0 Å². The van der Waals surface area contributed by atoms with Crippen molar-refractivity contribution in [3.63, 3.8) is 0 Å². The molecule has 0 fully saturated rings. The van der Waals surface area contributed by atoms with Crippen LogP contribution in [0.3, 0.4) is 0 Å². The molecule has 27 heavy (non-hydrogen) atoms. The predicted octanol–water partition coefficient (Wildman–Crippen LogP) is 4.28. The molecule has 0 saturated carbocycles. The van der Waals surface area contributed by atoms with E-state index in [1.807, 2.05) is 12.1 Å². The van der Waals surface area contributed by atoms with Crippen molar-refractivity contribution in [2.75, 3.05) is 11.1 Å². The van der Waals surface area contributed by atoms with E-state index in [0.717, 1.165) is 23.9 Å². The molecule has 0 aliphatic rings. The molecule has 3 rings (SSSR count). The van der Waals surface area contributed by atoms with Gasteiger partial charge in [0, 0.05) is 0 Å². The van der Waals surface area contributed by atoms with E-state index in [0.29, 0.717) is 16.3 Å². The molecule has 140 valence electrons. The van der Waals surface area contributed by atoms with E-state index in [-0.39, 0.29) is 16.5 Å². The topological polar surface area (TPSA) is 81.4 Å². The number of thioether (sulfide) groups is 1. The number of fused-ring (bicyclic) bond motifs is 1. The zero-order valence-corrected chi connectivity index (χ0v) is 15.6. The van der Waals surface area contributed by atoms with Crippen LogP contribution < -0.4 is 5.32 Å². The number of hydrogen-bond donors (Lipinski definition) is 1. The Morgan fingerprint density at radius 2 is 2.11 bits per heavy atom. The van der Waals surface area contributed by atoms with Crippen molar-refractivity contribution >= 4 is 52.0 Å². The number of oxazole rings is 1. The predicted molar refractivity (Wildman–Crippen MR) is 100 cm³/mol. The minimum atomic E-state index is -1.05. The van der Waals surface area contributed by atoms with Gasteiger partial charge < -0.3 is 14.5 Å².